The van der Waals surface area contributed by atoms with Gasteiger partial charge in [-0.1, -0.05) is 11.6 Å². The van der Waals surface area contributed by atoms with Crippen LogP contribution in [0.25, 0.3) is 10.8 Å². The standard InChI is InChI=1S/C15H19N3OS/c1-2-5-10-9-13(20-12(10)7-3-1)15-17-14(18-19-15)11-6-4-8-16-11/h9,11,16H,1-8H2. The molecule has 4 nitrogen and oxygen atoms in total. The smallest absolute Gasteiger partial charge is 0.268 e. The van der Waals surface area contributed by atoms with E-state index in [9.17, 15) is 0 Å². The first-order valence-corrected chi connectivity index (χ1v) is 8.41. The first-order valence-electron chi connectivity index (χ1n) is 7.59. The molecule has 4 rings (SSSR count). The zero-order chi connectivity index (χ0) is 13.4. The van der Waals surface area contributed by atoms with Crippen molar-refractivity contribution in [3.8, 4) is 10.8 Å². The van der Waals surface area contributed by atoms with Crippen molar-refractivity contribution in [2.45, 2.75) is 51.0 Å². The fourth-order valence-corrected chi connectivity index (χ4v) is 4.33. The highest BCUT2D eigenvalue weighted by atomic mass is 32.1. The van der Waals surface area contributed by atoms with E-state index < -0.39 is 0 Å². The molecule has 2 aromatic rings. The molecule has 2 aliphatic rings. The minimum absolute atomic E-state index is 0.283. The third-order valence-corrected chi connectivity index (χ3v) is 5.50. The van der Waals surface area contributed by atoms with Gasteiger partial charge in [-0.3, -0.25) is 0 Å². The van der Waals surface area contributed by atoms with Crippen LogP contribution in [-0.4, -0.2) is 16.7 Å². The van der Waals surface area contributed by atoms with E-state index in [4.69, 9.17) is 4.52 Å². The minimum Gasteiger partial charge on any atom is -0.333 e. The summed E-state index contributed by atoms with van der Waals surface area (Å²) in [5, 5.41) is 7.57. The Balaban J connectivity index is 1.61. The lowest BCUT2D eigenvalue weighted by Gasteiger charge is -2.01. The number of hydrogen-bond donors (Lipinski definition) is 1. The molecule has 20 heavy (non-hydrogen) atoms. The molecule has 0 amide bonds. The molecule has 0 bridgehead atoms. The van der Waals surface area contributed by atoms with E-state index in [2.05, 4.69) is 21.5 Å². The van der Waals surface area contributed by atoms with Crippen molar-refractivity contribution in [1.82, 2.24) is 15.5 Å². The Bertz CT molecular complexity index is 575. The van der Waals surface area contributed by atoms with Gasteiger partial charge in [-0.2, -0.15) is 4.98 Å². The average Bonchev–Trinajstić information content (AvgIpc) is 3.16. The van der Waals surface area contributed by atoms with Crippen molar-refractivity contribution in [3.63, 3.8) is 0 Å². The molecule has 1 aliphatic carbocycles. The van der Waals surface area contributed by atoms with E-state index in [1.54, 1.807) is 0 Å². The van der Waals surface area contributed by atoms with Crippen molar-refractivity contribution >= 4 is 11.3 Å². The van der Waals surface area contributed by atoms with Gasteiger partial charge in [0.25, 0.3) is 5.89 Å². The Kier molecular flexibility index (Phi) is 3.32. The molecular formula is C15H19N3OS. The average molecular weight is 289 g/mol. The number of hydrogen-bond acceptors (Lipinski definition) is 5. The molecule has 1 atom stereocenters. The van der Waals surface area contributed by atoms with Crippen LogP contribution in [0.3, 0.4) is 0 Å². The monoisotopic (exact) mass is 289 g/mol. The number of nitrogens with zero attached hydrogens (tertiary/aromatic N) is 2. The van der Waals surface area contributed by atoms with E-state index in [0.29, 0.717) is 5.89 Å². The zero-order valence-corrected chi connectivity index (χ0v) is 12.3. The topological polar surface area (TPSA) is 51.0 Å². The van der Waals surface area contributed by atoms with Gasteiger partial charge in [0.15, 0.2) is 5.82 Å². The highest BCUT2D eigenvalue weighted by Crippen LogP contribution is 2.35. The highest BCUT2D eigenvalue weighted by molar-refractivity contribution is 7.15. The molecule has 1 unspecified atom stereocenters. The Morgan fingerprint density at radius 1 is 1.20 bits per heavy atom. The Hall–Kier alpha value is -1.20. The van der Waals surface area contributed by atoms with Gasteiger partial charge >= 0.3 is 0 Å². The van der Waals surface area contributed by atoms with Crippen LogP contribution >= 0.6 is 11.3 Å². The highest BCUT2D eigenvalue weighted by Gasteiger charge is 2.23. The van der Waals surface area contributed by atoms with E-state index in [1.165, 1.54) is 49.0 Å². The molecule has 5 heteroatoms. The molecule has 1 saturated heterocycles. The third kappa shape index (κ3) is 2.29. The van der Waals surface area contributed by atoms with Gasteiger partial charge in [-0.15, -0.1) is 11.3 Å². The van der Waals surface area contributed by atoms with Crippen molar-refractivity contribution in [2.24, 2.45) is 0 Å². The van der Waals surface area contributed by atoms with Crippen LogP contribution in [0.2, 0.25) is 0 Å². The predicted molar refractivity (Wildman–Crippen MR) is 78.8 cm³/mol. The largest absolute Gasteiger partial charge is 0.333 e. The van der Waals surface area contributed by atoms with Gasteiger partial charge in [0.1, 0.15) is 0 Å². The first kappa shape index (κ1) is 12.5. The van der Waals surface area contributed by atoms with Crippen molar-refractivity contribution in [1.29, 1.82) is 0 Å². The summed E-state index contributed by atoms with van der Waals surface area (Å²) in [7, 11) is 0. The minimum atomic E-state index is 0.283. The molecule has 1 aliphatic heterocycles. The summed E-state index contributed by atoms with van der Waals surface area (Å²) in [4.78, 5) is 7.27. The van der Waals surface area contributed by atoms with Gasteiger partial charge in [0.2, 0.25) is 0 Å². The van der Waals surface area contributed by atoms with Crippen LogP contribution in [0.5, 0.6) is 0 Å². The Labute approximate surface area is 122 Å². The maximum Gasteiger partial charge on any atom is 0.268 e. The molecule has 3 heterocycles. The Morgan fingerprint density at radius 2 is 2.15 bits per heavy atom. The zero-order valence-electron chi connectivity index (χ0n) is 11.5. The second kappa shape index (κ2) is 5.30. The molecule has 0 aromatic carbocycles. The number of aromatic nitrogens is 2. The number of nitrogens with one attached hydrogen (secondary N) is 1. The molecular weight excluding hydrogens is 270 g/mol. The third-order valence-electron chi connectivity index (χ3n) is 4.27. The quantitative estimate of drug-likeness (QED) is 0.860. The van der Waals surface area contributed by atoms with Crippen LogP contribution in [0.15, 0.2) is 10.6 Å². The van der Waals surface area contributed by atoms with Crippen molar-refractivity contribution in [3.05, 3.63) is 22.3 Å². The van der Waals surface area contributed by atoms with Crippen molar-refractivity contribution < 1.29 is 4.52 Å². The SMILES string of the molecule is c1c(-c2nc(C3CCCN3)no2)sc2c1CCCCC2. The molecule has 2 aromatic heterocycles. The van der Waals surface area contributed by atoms with Gasteiger partial charge in [0, 0.05) is 4.88 Å². The van der Waals surface area contributed by atoms with Crippen molar-refractivity contribution in [2.75, 3.05) is 6.54 Å². The summed E-state index contributed by atoms with van der Waals surface area (Å²) in [6.07, 6.45) is 8.71. The number of rotatable bonds is 2. The number of thiophene rings is 1. The van der Waals surface area contributed by atoms with Gasteiger partial charge in [-0.05, 0) is 56.7 Å². The summed E-state index contributed by atoms with van der Waals surface area (Å²) in [5.41, 5.74) is 1.50. The van der Waals surface area contributed by atoms with E-state index in [1.807, 2.05) is 11.3 Å². The lowest BCUT2D eigenvalue weighted by atomic mass is 10.1. The van der Waals surface area contributed by atoms with Gasteiger partial charge in [-0.25, -0.2) is 0 Å². The van der Waals surface area contributed by atoms with E-state index in [-0.39, 0.29) is 6.04 Å². The molecule has 0 radical (unpaired) electrons. The van der Waals surface area contributed by atoms with E-state index in [0.717, 1.165) is 23.7 Å². The number of aryl methyl sites for hydroxylation is 2. The fourth-order valence-electron chi connectivity index (χ4n) is 3.15. The van der Waals surface area contributed by atoms with Crippen LogP contribution in [-0.2, 0) is 12.8 Å². The molecule has 1 fully saturated rings. The summed E-state index contributed by atoms with van der Waals surface area (Å²) in [6.45, 7) is 1.06. The summed E-state index contributed by atoms with van der Waals surface area (Å²) < 4.78 is 5.48. The summed E-state index contributed by atoms with van der Waals surface area (Å²) in [5.74, 6) is 1.52. The summed E-state index contributed by atoms with van der Waals surface area (Å²) in [6, 6.07) is 2.55. The molecule has 0 saturated carbocycles. The fraction of sp³-hybridized carbons (Fsp3) is 0.600. The van der Waals surface area contributed by atoms with Crippen LogP contribution in [0.1, 0.15) is 54.4 Å². The normalized spacial score (nSPS) is 22.7. The second-order valence-electron chi connectivity index (χ2n) is 5.73. The van der Waals surface area contributed by atoms with Crippen LogP contribution in [0.4, 0.5) is 0 Å². The molecule has 1 N–H and O–H groups in total. The summed E-state index contributed by atoms with van der Waals surface area (Å²) >= 11 is 1.84. The lowest BCUT2D eigenvalue weighted by Crippen LogP contribution is -2.14. The van der Waals surface area contributed by atoms with E-state index >= 15 is 0 Å². The first-order chi connectivity index (χ1) is 9.90. The molecule has 0 spiro atoms. The maximum absolute atomic E-state index is 5.48. The Morgan fingerprint density at radius 3 is 3.05 bits per heavy atom. The van der Waals surface area contributed by atoms with Gasteiger partial charge < -0.3 is 9.84 Å². The van der Waals surface area contributed by atoms with Crippen LogP contribution < -0.4 is 5.32 Å². The predicted octanol–water partition coefficient (Wildman–Crippen LogP) is 3.49. The lowest BCUT2D eigenvalue weighted by molar-refractivity contribution is 0.413. The number of fused-ring (bicyclic) bond motifs is 1. The molecule has 106 valence electrons. The van der Waals surface area contributed by atoms with Crippen LogP contribution in [0, 0.1) is 0 Å². The van der Waals surface area contributed by atoms with Gasteiger partial charge in [0.05, 0.1) is 10.9 Å². The second-order valence-corrected chi connectivity index (χ2v) is 6.86. The maximum atomic E-state index is 5.48.